The molecule has 1 saturated heterocycles. The molecule has 0 atom stereocenters. The van der Waals surface area contributed by atoms with Crippen LogP contribution in [0.15, 0.2) is 36.8 Å². The fraction of sp³-hybridized carbons (Fsp3) is 0.333. The average molecular weight is 295 g/mol. The van der Waals surface area contributed by atoms with E-state index in [1.54, 1.807) is 10.8 Å². The van der Waals surface area contributed by atoms with Crippen LogP contribution in [0.1, 0.15) is 5.69 Å². The summed E-state index contributed by atoms with van der Waals surface area (Å²) in [5.74, 6) is 1.61. The van der Waals surface area contributed by atoms with E-state index in [4.69, 9.17) is 0 Å². The Kier molecular flexibility index (Phi) is 3.10. The summed E-state index contributed by atoms with van der Waals surface area (Å²) >= 11 is 0. The number of rotatable bonds is 4. The van der Waals surface area contributed by atoms with Crippen LogP contribution in [0.5, 0.6) is 0 Å². The Bertz CT molecular complexity index is 791. The molecule has 3 aromatic heterocycles. The van der Waals surface area contributed by atoms with Crippen LogP contribution in [0, 0.1) is 12.8 Å². The Balaban J connectivity index is 1.33. The van der Waals surface area contributed by atoms with E-state index in [1.165, 1.54) is 0 Å². The second kappa shape index (κ2) is 5.25. The molecule has 0 saturated carbocycles. The van der Waals surface area contributed by atoms with Gasteiger partial charge < -0.3 is 10.2 Å². The first kappa shape index (κ1) is 13.0. The van der Waals surface area contributed by atoms with Crippen LogP contribution in [0.2, 0.25) is 0 Å². The summed E-state index contributed by atoms with van der Waals surface area (Å²) in [6.45, 7) is 4.99. The van der Waals surface area contributed by atoms with Crippen molar-refractivity contribution in [2.45, 2.75) is 6.92 Å². The maximum atomic E-state index is 4.51. The van der Waals surface area contributed by atoms with Gasteiger partial charge in [0.15, 0.2) is 5.65 Å². The van der Waals surface area contributed by atoms with E-state index in [1.807, 2.05) is 31.3 Å². The topological polar surface area (TPSA) is 71.2 Å². The Morgan fingerprint density at radius 3 is 3.05 bits per heavy atom. The van der Waals surface area contributed by atoms with Crippen molar-refractivity contribution in [1.82, 2.24) is 24.8 Å². The van der Waals surface area contributed by atoms with E-state index < -0.39 is 0 Å². The maximum Gasteiger partial charge on any atom is 0.177 e. The standard InChI is InChI=1S/C15H17N7/c1-11-6-13(4-5-16-11)17-7-12-8-21(9-12)15-3-2-14-19-18-10-22(14)20-15/h2-6,10,12H,7-9H2,1H3,(H,16,17). The lowest BCUT2D eigenvalue weighted by molar-refractivity contribution is 0.425. The van der Waals surface area contributed by atoms with E-state index in [9.17, 15) is 0 Å². The molecule has 7 heteroatoms. The van der Waals surface area contributed by atoms with Crippen molar-refractivity contribution in [2.24, 2.45) is 5.92 Å². The third-order valence-corrected chi connectivity index (χ3v) is 3.92. The molecule has 0 unspecified atom stereocenters. The van der Waals surface area contributed by atoms with Crippen LogP contribution in [-0.2, 0) is 0 Å². The third kappa shape index (κ3) is 2.45. The first-order valence-electron chi connectivity index (χ1n) is 7.36. The van der Waals surface area contributed by atoms with Crippen molar-refractivity contribution in [3.8, 4) is 0 Å². The number of anilines is 2. The number of hydrogen-bond acceptors (Lipinski definition) is 6. The summed E-state index contributed by atoms with van der Waals surface area (Å²) < 4.78 is 1.71. The fourth-order valence-electron chi connectivity index (χ4n) is 2.69. The van der Waals surface area contributed by atoms with Crippen LogP contribution >= 0.6 is 0 Å². The number of nitrogens with one attached hydrogen (secondary N) is 1. The molecule has 0 aliphatic carbocycles. The quantitative estimate of drug-likeness (QED) is 0.784. The molecule has 3 aromatic rings. The minimum Gasteiger partial charge on any atom is -0.385 e. The van der Waals surface area contributed by atoms with Gasteiger partial charge in [0.1, 0.15) is 12.1 Å². The molecule has 22 heavy (non-hydrogen) atoms. The van der Waals surface area contributed by atoms with Crippen LogP contribution < -0.4 is 10.2 Å². The number of fused-ring (bicyclic) bond motifs is 1. The first-order chi connectivity index (χ1) is 10.8. The highest BCUT2D eigenvalue weighted by atomic mass is 15.4. The van der Waals surface area contributed by atoms with Crippen LogP contribution in [-0.4, -0.2) is 44.4 Å². The Hall–Kier alpha value is -2.70. The number of aromatic nitrogens is 5. The van der Waals surface area contributed by atoms with Gasteiger partial charge in [0, 0.05) is 43.1 Å². The summed E-state index contributed by atoms with van der Waals surface area (Å²) in [5, 5.41) is 15.8. The van der Waals surface area contributed by atoms with Gasteiger partial charge in [0.05, 0.1) is 0 Å². The predicted molar refractivity (Wildman–Crippen MR) is 83.9 cm³/mol. The van der Waals surface area contributed by atoms with Crippen LogP contribution in [0.4, 0.5) is 11.5 Å². The van der Waals surface area contributed by atoms with Gasteiger partial charge in [-0.15, -0.1) is 15.3 Å². The second-order valence-electron chi connectivity index (χ2n) is 5.66. The molecule has 0 bridgehead atoms. The molecule has 0 spiro atoms. The predicted octanol–water partition coefficient (Wildman–Crippen LogP) is 1.38. The van der Waals surface area contributed by atoms with Crippen molar-refractivity contribution in [3.05, 3.63) is 42.5 Å². The summed E-state index contributed by atoms with van der Waals surface area (Å²) in [6, 6.07) is 8.02. The van der Waals surface area contributed by atoms with Crippen LogP contribution in [0.3, 0.4) is 0 Å². The lowest BCUT2D eigenvalue weighted by Gasteiger charge is -2.40. The van der Waals surface area contributed by atoms with Gasteiger partial charge in [0.25, 0.3) is 0 Å². The number of aryl methyl sites for hydroxylation is 1. The molecular weight excluding hydrogens is 278 g/mol. The van der Waals surface area contributed by atoms with Crippen molar-refractivity contribution in [2.75, 3.05) is 29.9 Å². The van der Waals surface area contributed by atoms with E-state index in [-0.39, 0.29) is 0 Å². The van der Waals surface area contributed by atoms with Crippen molar-refractivity contribution in [1.29, 1.82) is 0 Å². The SMILES string of the molecule is Cc1cc(NCC2CN(c3ccc4nncn4n3)C2)ccn1. The zero-order valence-corrected chi connectivity index (χ0v) is 12.3. The summed E-state index contributed by atoms with van der Waals surface area (Å²) in [4.78, 5) is 6.47. The van der Waals surface area contributed by atoms with Gasteiger partial charge in [-0.3, -0.25) is 4.98 Å². The van der Waals surface area contributed by atoms with Gasteiger partial charge in [-0.05, 0) is 31.2 Å². The van der Waals surface area contributed by atoms with Crippen molar-refractivity contribution < 1.29 is 0 Å². The summed E-state index contributed by atoms with van der Waals surface area (Å²) in [5.41, 5.74) is 2.94. The molecule has 1 aliphatic heterocycles. The number of nitrogens with zero attached hydrogens (tertiary/aromatic N) is 6. The Morgan fingerprint density at radius 2 is 2.18 bits per heavy atom. The van der Waals surface area contributed by atoms with Gasteiger partial charge in [-0.2, -0.15) is 4.52 Å². The fourth-order valence-corrected chi connectivity index (χ4v) is 2.69. The minimum atomic E-state index is 0.631. The lowest BCUT2D eigenvalue weighted by atomic mass is 10.00. The van der Waals surface area contributed by atoms with Gasteiger partial charge in [0.2, 0.25) is 0 Å². The third-order valence-electron chi connectivity index (χ3n) is 3.92. The van der Waals surface area contributed by atoms with Crippen molar-refractivity contribution >= 4 is 17.2 Å². The molecule has 1 N–H and O–H groups in total. The van der Waals surface area contributed by atoms with E-state index >= 15 is 0 Å². The van der Waals surface area contributed by atoms with Crippen molar-refractivity contribution in [3.63, 3.8) is 0 Å². The molecule has 4 rings (SSSR count). The first-order valence-corrected chi connectivity index (χ1v) is 7.36. The zero-order valence-electron chi connectivity index (χ0n) is 12.3. The highest BCUT2D eigenvalue weighted by Gasteiger charge is 2.27. The zero-order chi connectivity index (χ0) is 14.9. The smallest absolute Gasteiger partial charge is 0.177 e. The van der Waals surface area contributed by atoms with E-state index in [0.717, 1.165) is 42.5 Å². The molecule has 0 radical (unpaired) electrons. The van der Waals surface area contributed by atoms with Gasteiger partial charge in [-0.25, -0.2) is 0 Å². The monoisotopic (exact) mass is 295 g/mol. The number of pyridine rings is 1. The Morgan fingerprint density at radius 1 is 1.27 bits per heavy atom. The van der Waals surface area contributed by atoms with E-state index in [2.05, 4.69) is 36.6 Å². The number of hydrogen-bond donors (Lipinski definition) is 1. The molecule has 1 aliphatic rings. The van der Waals surface area contributed by atoms with E-state index in [0.29, 0.717) is 5.92 Å². The second-order valence-corrected chi connectivity index (χ2v) is 5.66. The summed E-state index contributed by atoms with van der Waals surface area (Å²) in [6.07, 6.45) is 3.46. The molecule has 4 heterocycles. The average Bonchev–Trinajstić information content (AvgIpc) is 2.93. The molecule has 0 aromatic carbocycles. The van der Waals surface area contributed by atoms with Gasteiger partial charge in [-0.1, -0.05) is 0 Å². The summed E-state index contributed by atoms with van der Waals surface area (Å²) in [7, 11) is 0. The minimum absolute atomic E-state index is 0.631. The molecule has 112 valence electrons. The maximum absolute atomic E-state index is 4.51. The molecule has 1 fully saturated rings. The highest BCUT2D eigenvalue weighted by Crippen LogP contribution is 2.23. The van der Waals surface area contributed by atoms with Crippen LogP contribution in [0.25, 0.3) is 5.65 Å². The Labute approximate surface area is 128 Å². The van der Waals surface area contributed by atoms with Gasteiger partial charge >= 0.3 is 0 Å². The largest absolute Gasteiger partial charge is 0.385 e. The normalized spacial score (nSPS) is 15.0. The molecular formula is C15H17N7. The molecule has 0 amide bonds. The lowest BCUT2D eigenvalue weighted by Crippen LogP contribution is -2.50. The highest BCUT2D eigenvalue weighted by molar-refractivity contribution is 5.47. The molecule has 7 nitrogen and oxygen atoms in total.